The van der Waals surface area contributed by atoms with Gasteiger partial charge in [0.05, 0.1) is 16.4 Å². The van der Waals surface area contributed by atoms with Gasteiger partial charge in [-0.1, -0.05) is 11.6 Å². The van der Waals surface area contributed by atoms with Gasteiger partial charge in [-0.25, -0.2) is 16.8 Å². The van der Waals surface area contributed by atoms with E-state index >= 15 is 0 Å². The third-order valence-corrected chi connectivity index (χ3v) is 7.84. The Balaban J connectivity index is 2.39. The van der Waals surface area contributed by atoms with Crippen molar-refractivity contribution in [3.8, 4) is 0 Å². The number of hydrogen-bond acceptors (Lipinski definition) is 4. The second-order valence-corrected chi connectivity index (χ2v) is 9.76. The normalized spacial score (nSPS) is 23.1. The van der Waals surface area contributed by atoms with Crippen LogP contribution < -0.4 is 0 Å². The molecular weight excluding hydrogens is 357 g/mol. The number of hydrogen-bond donors (Lipinski definition) is 0. The SMILES string of the molecule is CC1CS(=O)(=O)CCN1S(=O)(=O)c1ccc(Cl)c(CCl)c1. The largest absolute Gasteiger partial charge is 0.243 e. The lowest BCUT2D eigenvalue weighted by Crippen LogP contribution is -2.49. The molecule has 5 nitrogen and oxygen atoms in total. The molecule has 1 atom stereocenters. The van der Waals surface area contributed by atoms with E-state index in [4.69, 9.17) is 23.2 Å². The van der Waals surface area contributed by atoms with E-state index < -0.39 is 25.9 Å². The fraction of sp³-hybridized carbons (Fsp3) is 0.500. The Hall–Kier alpha value is -0.340. The molecule has 1 aromatic rings. The van der Waals surface area contributed by atoms with Crippen LogP contribution in [0.5, 0.6) is 0 Å². The predicted molar refractivity (Wildman–Crippen MR) is 83.0 cm³/mol. The number of benzene rings is 1. The van der Waals surface area contributed by atoms with Crippen LogP contribution in [0.4, 0.5) is 0 Å². The summed E-state index contributed by atoms with van der Waals surface area (Å²) in [6, 6.07) is 3.73. The second-order valence-electron chi connectivity index (χ2n) is 4.97. The standard InChI is InChI=1S/C12H15Cl2NO4S2/c1-9-8-20(16,17)5-4-15(9)21(18,19)11-2-3-12(14)10(6-11)7-13/h2-3,6,9H,4-5,7-8H2,1H3. The van der Waals surface area contributed by atoms with Gasteiger partial charge in [-0.2, -0.15) is 4.31 Å². The van der Waals surface area contributed by atoms with E-state index in [9.17, 15) is 16.8 Å². The average Bonchev–Trinajstić information content (AvgIpc) is 2.37. The van der Waals surface area contributed by atoms with E-state index in [0.29, 0.717) is 10.6 Å². The number of rotatable bonds is 3. The minimum absolute atomic E-state index is 0.0370. The summed E-state index contributed by atoms with van der Waals surface area (Å²) in [5.74, 6) is -0.221. The van der Waals surface area contributed by atoms with E-state index in [1.165, 1.54) is 22.5 Å². The van der Waals surface area contributed by atoms with Gasteiger partial charge in [0.15, 0.2) is 9.84 Å². The third-order valence-electron chi connectivity index (χ3n) is 3.38. The fourth-order valence-electron chi connectivity index (χ4n) is 2.29. The molecule has 0 aromatic heterocycles. The monoisotopic (exact) mass is 371 g/mol. The summed E-state index contributed by atoms with van der Waals surface area (Å²) in [4.78, 5) is 0.0775. The van der Waals surface area contributed by atoms with Gasteiger partial charge in [0.25, 0.3) is 0 Å². The van der Waals surface area contributed by atoms with Gasteiger partial charge in [0, 0.05) is 23.5 Å². The Labute approximate surface area is 134 Å². The van der Waals surface area contributed by atoms with Gasteiger partial charge in [-0.05, 0) is 30.7 Å². The smallest absolute Gasteiger partial charge is 0.229 e. The van der Waals surface area contributed by atoms with Crippen molar-refractivity contribution in [2.24, 2.45) is 0 Å². The van der Waals surface area contributed by atoms with Crippen LogP contribution in [0.2, 0.25) is 5.02 Å². The van der Waals surface area contributed by atoms with Crippen LogP contribution >= 0.6 is 23.2 Å². The summed E-state index contributed by atoms with van der Waals surface area (Å²) in [5, 5.41) is 0.401. The maximum Gasteiger partial charge on any atom is 0.243 e. The minimum Gasteiger partial charge on any atom is -0.229 e. The Morgan fingerprint density at radius 2 is 2.05 bits per heavy atom. The summed E-state index contributed by atoms with van der Waals surface area (Å²) in [5.41, 5.74) is 0.525. The zero-order valence-electron chi connectivity index (χ0n) is 11.3. The molecule has 1 aliphatic rings. The van der Waals surface area contributed by atoms with Crippen LogP contribution in [-0.2, 0) is 25.7 Å². The van der Waals surface area contributed by atoms with E-state index in [2.05, 4.69) is 0 Å². The predicted octanol–water partition coefficient (Wildman–Crippen LogP) is 1.89. The summed E-state index contributed by atoms with van der Waals surface area (Å²) in [6.07, 6.45) is 0. The first-order chi connectivity index (χ1) is 9.67. The molecule has 2 rings (SSSR count). The third kappa shape index (κ3) is 3.53. The molecule has 118 valence electrons. The van der Waals surface area contributed by atoms with Crippen LogP contribution in [-0.4, -0.2) is 45.2 Å². The lowest BCUT2D eigenvalue weighted by atomic mass is 10.2. The van der Waals surface area contributed by atoms with E-state index in [1.807, 2.05) is 0 Å². The van der Waals surface area contributed by atoms with Crippen LogP contribution in [0, 0.1) is 0 Å². The lowest BCUT2D eigenvalue weighted by Gasteiger charge is -2.32. The van der Waals surface area contributed by atoms with Gasteiger partial charge in [0.2, 0.25) is 10.0 Å². The number of sulfonamides is 1. The van der Waals surface area contributed by atoms with Crippen LogP contribution in [0.15, 0.2) is 23.1 Å². The second kappa shape index (κ2) is 6.04. The Morgan fingerprint density at radius 3 is 2.62 bits per heavy atom. The molecule has 1 heterocycles. The molecule has 1 aliphatic heterocycles. The van der Waals surface area contributed by atoms with Crippen molar-refractivity contribution in [1.82, 2.24) is 4.31 Å². The molecule has 0 radical (unpaired) electrons. The average molecular weight is 372 g/mol. The molecule has 0 aliphatic carbocycles. The maximum absolute atomic E-state index is 12.6. The summed E-state index contributed by atoms with van der Waals surface area (Å²) in [6.45, 7) is 1.55. The van der Waals surface area contributed by atoms with Crippen molar-refractivity contribution in [2.45, 2.75) is 23.7 Å². The first-order valence-corrected chi connectivity index (χ1v) is 10.4. The molecule has 1 aromatic carbocycles. The molecule has 21 heavy (non-hydrogen) atoms. The van der Waals surface area contributed by atoms with Gasteiger partial charge in [-0.15, -0.1) is 11.6 Å². The maximum atomic E-state index is 12.6. The van der Waals surface area contributed by atoms with Crippen LogP contribution in [0.1, 0.15) is 12.5 Å². The van der Waals surface area contributed by atoms with E-state index in [0.717, 1.165) is 0 Å². The highest BCUT2D eigenvalue weighted by molar-refractivity contribution is 7.92. The Morgan fingerprint density at radius 1 is 1.38 bits per heavy atom. The van der Waals surface area contributed by atoms with Crippen molar-refractivity contribution < 1.29 is 16.8 Å². The zero-order valence-corrected chi connectivity index (χ0v) is 14.4. The van der Waals surface area contributed by atoms with Crippen molar-refractivity contribution >= 4 is 43.1 Å². The van der Waals surface area contributed by atoms with Gasteiger partial charge in [-0.3, -0.25) is 0 Å². The highest BCUT2D eigenvalue weighted by Crippen LogP contribution is 2.26. The van der Waals surface area contributed by atoms with Crippen molar-refractivity contribution in [3.05, 3.63) is 28.8 Å². The molecule has 0 saturated carbocycles. The first-order valence-electron chi connectivity index (χ1n) is 6.24. The first kappa shape index (κ1) is 17.0. The summed E-state index contributed by atoms with van der Waals surface area (Å²) in [7, 11) is -6.93. The highest BCUT2D eigenvalue weighted by atomic mass is 35.5. The topological polar surface area (TPSA) is 71.5 Å². The minimum atomic E-state index is -3.76. The Bertz CT molecular complexity index is 747. The molecule has 0 N–H and O–H groups in total. The van der Waals surface area contributed by atoms with Gasteiger partial charge >= 0.3 is 0 Å². The van der Waals surface area contributed by atoms with Crippen molar-refractivity contribution in [2.75, 3.05) is 18.1 Å². The van der Waals surface area contributed by atoms with E-state index in [-0.39, 0.29) is 28.8 Å². The van der Waals surface area contributed by atoms with Crippen molar-refractivity contribution in [1.29, 1.82) is 0 Å². The Kier molecular flexibility index (Phi) is 4.90. The quantitative estimate of drug-likeness (QED) is 0.760. The molecule has 0 amide bonds. The van der Waals surface area contributed by atoms with Crippen molar-refractivity contribution in [3.63, 3.8) is 0 Å². The highest BCUT2D eigenvalue weighted by Gasteiger charge is 2.36. The number of sulfone groups is 1. The van der Waals surface area contributed by atoms with Gasteiger partial charge < -0.3 is 0 Å². The molecule has 9 heteroatoms. The van der Waals surface area contributed by atoms with Gasteiger partial charge in [0.1, 0.15) is 0 Å². The van der Waals surface area contributed by atoms with E-state index in [1.54, 1.807) is 6.92 Å². The zero-order chi connectivity index (χ0) is 15.8. The number of nitrogens with zero attached hydrogens (tertiary/aromatic N) is 1. The number of halogens is 2. The fourth-order valence-corrected chi connectivity index (χ4v) is 6.21. The van der Waals surface area contributed by atoms with Crippen LogP contribution in [0.25, 0.3) is 0 Å². The van der Waals surface area contributed by atoms with Crippen LogP contribution in [0.3, 0.4) is 0 Å². The number of alkyl halides is 1. The lowest BCUT2D eigenvalue weighted by molar-refractivity contribution is 0.357. The molecule has 0 spiro atoms. The molecule has 1 fully saturated rings. The molecular formula is C12H15Cl2NO4S2. The molecule has 1 saturated heterocycles. The molecule has 1 unspecified atom stereocenters. The summed E-state index contributed by atoms with van der Waals surface area (Å²) >= 11 is 11.7. The molecule has 0 bridgehead atoms. The summed E-state index contributed by atoms with van der Waals surface area (Å²) < 4.78 is 49.6.